The molecule has 26 heavy (non-hydrogen) atoms. The zero-order chi connectivity index (χ0) is 19.0. The molecule has 0 aromatic heterocycles. The van der Waals surface area contributed by atoms with Gasteiger partial charge in [0.2, 0.25) is 5.75 Å². The molecule has 0 radical (unpaired) electrons. The highest BCUT2D eigenvalue weighted by Gasteiger charge is 2.40. The van der Waals surface area contributed by atoms with Crippen LogP contribution in [0.4, 0.5) is 0 Å². The number of carbonyl (C=O) groups is 1. The Morgan fingerprint density at radius 2 is 1.73 bits per heavy atom. The first-order valence-electron chi connectivity index (χ1n) is 7.98. The van der Waals surface area contributed by atoms with E-state index in [1.54, 1.807) is 12.1 Å². The largest absolute Gasteiger partial charge is 0.507 e. The molecule has 2 unspecified atom stereocenters. The van der Waals surface area contributed by atoms with Gasteiger partial charge in [0.25, 0.3) is 0 Å². The van der Waals surface area contributed by atoms with Crippen LogP contribution in [0.3, 0.4) is 0 Å². The summed E-state index contributed by atoms with van der Waals surface area (Å²) in [5, 5.41) is 30.7. The van der Waals surface area contributed by atoms with Crippen molar-refractivity contribution >= 4 is 5.78 Å². The second kappa shape index (κ2) is 6.76. The van der Waals surface area contributed by atoms with Gasteiger partial charge < -0.3 is 29.5 Å². The van der Waals surface area contributed by atoms with Crippen LogP contribution in [-0.2, 0) is 11.2 Å². The van der Waals surface area contributed by atoms with Gasteiger partial charge in [-0.25, -0.2) is 0 Å². The predicted octanol–water partition coefficient (Wildman–Crippen LogP) is 2.36. The average Bonchev–Trinajstić information content (AvgIpc) is 2.63. The molecule has 0 spiro atoms. The van der Waals surface area contributed by atoms with Crippen molar-refractivity contribution in [2.24, 2.45) is 0 Å². The van der Waals surface area contributed by atoms with Crippen LogP contribution in [0.25, 0.3) is 0 Å². The number of benzene rings is 2. The smallest absolute Gasteiger partial charge is 0.200 e. The van der Waals surface area contributed by atoms with E-state index >= 15 is 0 Å². The molecular formula is C19H20O7. The maximum absolute atomic E-state index is 12.9. The quantitative estimate of drug-likeness (QED) is 0.719. The lowest BCUT2D eigenvalue weighted by Gasteiger charge is -2.32. The molecule has 0 amide bonds. The van der Waals surface area contributed by atoms with Gasteiger partial charge in [-0.15, -0.1) is 0 Å². The molecule has 7 heteroatoms. The fraction of sp³-hybridized carbons (Fsp3) is 0.316. The number of hydrogen-bond donors (Lipinski definition) is 3. The molecule has 2 aromatic carbocycles. The van der Waals surface area contributed by atoms with E-state index in [-0.39, 0.29) is 22.8 Å². The summed E-state index contributed by atoms with van der Waals surface area (Å²) in [4.78, 5) is 12.9. The number of phenolic OH excluding ortho intramolecular Hbond substituents is 3. The van der Waals surface area contributed by atoms with Crippen molar-refractivity contribution in [3.63, 3.8) is 0 Å². The van der Waals surface area contributed by atoms with E-state index in [0.29, 0.717) is 23.3 Å². The molecule has 7 nitrogen and oxygen atoms in total. The normalized spacial score (nSPS) is 19.1. The van der Waals surface area contributed by atoms with E-state index < -0.39 is 23.6 Å². The molecule has 1 aliphatic rings. The number of aromatic hydroxyl groups is 3. The van der Waals surface area contributed by atoms with Crippen molar-refractivity contribution < 1.29 is 34.3 Å². The summed E-state index contributed by atoms with van der Waals surface area (Å²) in [6, 6.07) is 6.15. The topological polar surface area (TPSA) is 105 Å². The van der Waals surface area contributed by atoms with Crippen LogP contribution >= 0.6 is 0 Å². The van der Waals surface area contributed by atoms with Gasteiger partial charge in [0.05, 0.1) is 19.8 Å². The lowest BCUT2D eigenvalue weighted by molar-refractivity contribution is 0.0483. The van der Waals surface area contributed by atoms with Crippen molar-refractivity contribution in [3.8, 4) is 28.7 Å². The van der Waals surface area contributed by atoms with Gasteiger partial charge in [0.15, 0.2) is 17.3 Å². The van der Waals surface area contributed by atoms with Gasteiger partial charge >= 0.3 is 0 Å². The molecule has 3 N–H and O–H groups in total. The predicted molar refractivity (Wildman–Crippen MR) is 92.6 cm³/mol. The highest BCUT2D eigenvalue weighted by atomic mass is 16.5. The van der Waals surface area contributed by atoms with Crippen LogP contribution in [0, 0.1) is 0 Å². The van der Waals surface area contributed by atoms with Crippen molar-refractivity contribution in [1.29, 1.82) is 0 Å². The number of phenols is 3. The van der Waals surface area contributed by atoms with E-state index in [1.807, 2.05) is 0 Å². The monoisotopic (exact) mass is 360 g/mol. The Morgan fingerprint density at radius 3 is 2.35 bits per heavy atom. The number of ether oxygens (including phenoxy) is 3. The van der Waals surface area contributed by atoms with Gasteiger partial charge in [-0.05, 0) is 24.1 Å². The zero-order valence-corrected chi connectivity index (χ0v) is 14.6. The molecule has 2 aromatic rings. The third-order valence-corrected chi connectivity index (χ3v) is 4.74. The molecule has 0 saturated heterocycles. The van der Waals surface area contributed by atoms with Gasteiger partial charge in [-0.2, -0.15) is 0 Å². The minimum Gasteiger partial charge on any atom is -0.507 e. The number of ketones is 1. The van der Waals surface area contributed by atoms with E-state index in [4.69, 9.17) is 14.2 Å². The minimum absolute atomic E-state index is 0.127. The summed E-state index contributed by atoms with van der Waals surface area (Å²) in [7, 11) is 4.23. The van der Waals surface area contributed by atoms with Crippen LogP contribution in [0.2, 0.25) is 0 Å². The van der Waals surface area contributed by atoms with Crippen LogP contribution < -0.4 is 9.47 Å². The van der Waals surface area contributed by atoms with Crippen LogP contribution in [0.5, 0.6) is 28.7 Å². The van der Waals surface area contributed by atoms with Crippen LogP contribution in [0.1, 0.15) is 27.4 Å². The maximum Gasteiger partial charge on any atom is 0.200 e. The number of Topliss-reactive ketones (excluding diaryl/α,β-unsaturated/α-hetero) is 1. The Hall–Kier alpha value is -2.93. The average molecular weight is 360 g/mol. The Labute approximate surface area is 150 Å². The molecular weight excluding hydrogens is 340 g/mol. The summed E-state index contributed by atoms with van der Waals surface area (Å²) in [5.74, 6) is -1.33. The Bertz CT molecular complexity index is 859. The van der Waals surface area contributed by atoms with Gasteiger partial charge in [-0.3, -0.25) is 4.79 Å². The number of hydrogen-bond acceptors (Lipinski definition) is 7. The number of methoxy groups -OCH3 is 3. The summed E-state index contributed by atoms with van der Waals surface area (Å²) in [6.45, 7) is 0. The Balaban J connectivity index is 2.14. The first-order chi connectivity index (χ1) is 12.4. The first-order valence-corrected chi connectivity index (χ1v) is 7.98. The molecule has 0 aliphatic heterocycles. The first kappa shape index (κ1) is 17.9. The number of rotatable bonds is 4. The minimum atomic E-state index is -0.916. The molecule has 0 bridgehead atoms. The van der Waals surface area contributed by atoms with Gasteiger partial charge in [-0.1, -0.05) is 6.07 Å². The molecule has 3 rings (SSSR count). The molecule has 0 fully saturated rings. The van der Waals surface area contributed by atoms with Crippen LogP contribution in [-0.4, -0.2) is 48.5 Å². The van der Waals surface area contributed by atoms with E-state index in [1.165, 1.54) is 33.5 Å². The highest BCUT2D eigenvalue weighted by molar-refractivity contribution is 6.05. The van der Waals surface area contributed by atoms with Crippen molar-refractivity contribution in [3.05, 3.63) is 41.0 Å². The second-order valence-corrected chi connectivity index (χ2v) is 6.07. The standard InChI is InChI=1S/C19H20O7/c1-24-10-6-9-7-12(11-4-5-14(25-2)17(22)16(11)21)19(26-3)18(23)15(9)13(20)8-10/h4-6,8,12,19-22H,7H2,1-3H3. The van der Waals surface area contributed by atoms with Crippen LogP contribution in [0.15, 0.2) is 24.3 Å². The fourth-order valence-corrected chi connectivity index (χ4v) is 3.47. The number of fused-ring (bicyclic) bond motifs is 1. The third kappa shape index (κ3) is 2.70. The fourth-order valence-electron chi connectivity index (χ4n) is 3.47. The molecule has 0 saturated carbocycles. The zero-order valence-electron chi connectivity index (χ0n) is 14.6. The lowest BCUT2D eigenvalue weighted by atomic mass is 9.76. The summed E-state index contributed by atoms with van der Waals surface area (Å²) in [6.07, 6.45) is -0.607. The number of carbonyl (C=O) groups excluding carboxylic acids is 1. The highest BCUT2D eigenvalue weighted by Crippen LogP contribution is 2.46. The second-order valence-electron chi connectivity index (χ2n) is 6.07. The maximum atomic E-state index is 12.9. The van der Waals surface area contributed by atoms with E-state index in [9.17, 15) is 20.1 Å². The third-order valence-electron chi connectivity index (χ3n) is 4.74. The van der Waals surface area contributed by atoms with E-state index in [2.05, 4.69) is 0 Å². The SMILES string of the molecule is COc1cc(O)c2c(c1)CC(c1ccc(OC)c(O)c1O)C(OC)C2=O. The van der Waals surface area contributed by atoms with Gasteiger partial charge in [0, 0.05) is 24.7 Å². The molecule has 0 heterocycles. The molecule has 2 atom stereocenters. The van der Waals surface area contributed by atoms with Crippen molar-refractivity contribution in [2.45, 2.75) is 18.4 Å². The summed E-state index contributed by atoms with van der Waals surface area (Å²) < 4.78 is 15.5. The lowest BCUT2D eigenvalue weighted by Crippen LogP contribution is -2.36. The van der Waals surface area contributed by atoms with Crippen molar-refractivity contribution in [2.75, 3.05) is 21.3 Å². The van der Waals surface area contributed by atoms with Gasteiger partial charge in [0.1, 0.15) is 17.6 Å². The van der Waals surface area contributed by atoms with Crippen molar-refractivity contribution in [1.82, 2.24) is 0 Å². The molecule has 1 aliphatic carbocycles. The van der Waals surface area contributed by atoms with E-state index in [0.717, 1.165) is 0 Å². The Morgan fingerprint density at radius 1 is 1.00 bits per heavy atom. The Kier molecular flexibility index (Phi) is 4.65. The summed E-state index contributed by atoms with van der Waals surface area (Å²) >= 11 is 0. The summed E-state index contributed by atoms with van der Waals surface area (Å²) in [5.41, 5.74) is 1.13. The molecule has 138 valence electrons.